The van der Waals surface area contributed by atoms with Crippen LogP contribution in [0.2, 0.25) is 0 Å². The predicted molar refractivity (Wildman–Crippen MR) is 116 cm³/mol. The van der Waals surface area contributed by atoms with Crippen LogP contribution in [-0.2, 0) is 7.05 Å². The minimum absolute atomic E-state index is 0.162. The van der Waals surface area contributed by atoms with E-state index in [0.717, 1.165) is 12.8 Å². The van der Waals surface area contributed by atoms with E-state index in [-0.39, 0.29) is 23.4 Å². The lowest BCUT2D eigenvalue weighted by molar-refractivity contribution is 0.0728. The number of amides is 2. The maximum absolute atomic E-state index is 13.0. The molecule has 0 unspecified atom stereocenters. The van der Waals surface area contributed by atoms with Gasteiger partial charge in [-0.25, -0.2) is 9.97 Å². The summed E-state index contributed by atoms with van der Waals surface area (Å²) < 4.78 is 1.39. The topological polar surface area (TPSA) is 97.2 Å². The molecule has 2 aromatic heterocycles. The van der Waals surface area contributed by atoms with Gasteiger partial charge in [-0.15, -0.1) is 0 Å². The fraction of sp³-hybridized carbons (Fsp3) is 0.261. The summed E-state index contributed by atoms with van der Waals surface area (Å²) in [6.07, 6.45) is 4.64. The highest BCUT2D eigenvalue weighted by atomic mass is 16.2. The maximum Gasteiger partial charge on any atom is 0.259 e. The zero-order valence-corrected chi connectivity index (χ0v) is 17.4. The number of aromatic nitrogens is 3. The van der Waals surface area contributed by atoms with Crippen molar-refractivity contribution < 1.29 is 9.59 Å². The van der Waals surface area contributed by atoms with Gasteiger partial charge in [0, 0.05) is 37.7 Å². The Hall–Kier alpha value is -3.81. The Labute approximate surface area is 179 Å². The van der Waals surface area contributed by atoms with E-state index in [1.54, 1.807) is 31.1 Å². The van der Waals surface area contributed by atoms with E-state index in [9.17, 15) is 14.4 Å². The molecular formula is C23H23N5O3. The van der Waals surface area contributed by atoms with Gasteiger partial charge in [0.1, 0.15) is 0 Å². The molecule has 1 atom stereocenters. The first-order chi connectivity index (χ1) is 14.9. The van der Waals surface area contributed by atoms with Crippen LogP contribution in [0.3, 0.4) is 0 Å². The van der Waals surface area contributed by atoms with Crippen LogP contribution >= 0.6 is 0 Å². The number of likely N-dealkylation sites (tertiary alicyclic amines) is 1. The largest absolute Gasteiger partial charge is 0.328 e. The summed E-state index contributed by atoms with van der Waals surface area (Å²) in [5.41, 5.74) is 1.92. The van der Waals surface area contributed by atoms with Crippen LogP contribution in [0.15, 0.2) is 59.7 Å². The molecule has 8 heteroatoms. The highest BCUT2D eigenvalue weighted by Crippen LogP contribution is 2.31. The van der Waals surface area contributed by atoms with Gasteiger partial charge in [0.15, 0.2) is 5.82 Å². The third kappa shape index (κ3) is 4.23. The number of anilines is 1. The molecule has 1 fully saturated rings. The van der Waals surface area contributed by atoms with E-state index in [2.05, 4.69) is 15.3 Å². The van der Waals surface area contributed by atoms with E-state index in [4.69, 9.17) is 0 Å². The van der Waals surface area contributed by atoms with Crippen LogP contribution in [0, 0.1) is 6.92 Å². The number of nitrogens with zero attached hydrogens (tertiary/aromatic N) is 4. The SMILES string of the molecule is Cc1nc([C@@H]2CCCN2C(=O)c2ccc(=O)n(C)c2)ncc1C(=O)Nc1ccccc1. The molecule has 0 radical (unpaired) electrons. The average Bonchev–Trinajstić information content (AvgIpc) is 3.25. The molecule has 0 saturated carbocycles. The highest BCUT2D eigenvalue weighted by molar-refractivity contribution is 6.04. The second kappa shape index (κ2) is 8.51. The van der Waals surface area contributed by atoms with Crippen molar-refractivity contribution in [1.82, 2.24) is 19.4 Å². The maximum atomic E-state index is 13.0. The van der Waals surface area contributed by atoms with Gasteiger partial charge in [0.2, 0.25) is 5.56 Å². The molecule has 4 rings (SSSR count). The Morgan fingerprint density at radius 1 is 1.13 bits per heavy atom. The first-order valence-corrected chi connectivity index (χ1v) is 10.1. The average molecular weight is 417 g/mol. The predicted octanol–water partition coefficient (Wildman–Crippen LogP) is 2.71. The van der Waals surface area contributed by atoms with Crippen molar-refractivity contribution in [3.8, 4) is 0 Å². The summed E-state index contributed by atoms with van der Waals surface area (Å²) in [6.45, 7) is 2.35. The lowest BCUT2D eigenvalue weighted by Crippen LogP contribution is -2.32. The number of pyridine rings is 1. The van der Waals surface area contributed by atoms with Gasteiger partial charge < -0.3 is 14.8 Å². The van der Waals surface area contributed by atoms with Gasteiger partial charge in [-0.3, -0.25) is 14.4 Å². The summed E-state index contributed by atoms with van der Waals surface area (Å²) in [5, 5.41) is 2.84. The molecule has 0 bridgehead atoms. The Kier molecular flexibility index (Phi) is 5.62. The van der Waals surface area contributed by atoms with Crippen LogP contribution in [0.5, 0.6) is 0 Å². The molecule has 1 saturated heterocycles. The van der Waals surface area contributed by atoms with Crippen molar-refractivity contribution in [2.45, 2.75) is 25.8 Å². The lowest BCUT2D eigenvalue weighted by Gasteiger charge is -2.24. The van der Waals surface area contributed by atoms with Crippen LogP contribution in [-0.4, -0.2) is 37.8 Å². The number of carbonyl (C=O) groups is 2. The zero-order valence-electron chi connectivity index (χ0n) is 17.4. The minimum Gasteiger partial charge on any atom is -0.328 e. The summed E-state index contributed by atoms with van der Waals surface area (Å²) in [4.78, 5) is 48.0. The molecule has 2 amide bonds. The molecule has 1 aromatic carbocycles. The van der Waals surface area contributed by atoms with Gasteiger partial charge in [-0.05, 0) is 38.0 Å². The van der Waals surface area contributed by atoms with E-state index < -0.39 is 0 Å². The van der Waals surface area contributed by atoms with E-state index in [1.165, 1.54) is 16.8 Å². The second-order valence-corrected chi connectivity index (χ2v) is 7.57. The molecule has 3 heterocycles. The van der Waals surface area contributed by atoms with E-state index >= 15 is 0 Å². The summed E-state index contributed by atoms with van der Waals surface area (Å²) in [7, 11) is 1.62. The molecule has 1 aliphatic rings. The van der Waals surface area contributed by atoms with Crippen molar-refractivity contribution in [2.75, 3.05) is 11.9 Å². The molecular weight excluding hydrogens is 394 g/mol. The van der Waals surface area contributed by atoms with Gasteiger partial charge >= 0.3 is 0 Å². The zero-order chi connectivity index (χ0) is 22.0. The van der Waals surface area contributed by atoms with Gasteiger partial charge in [-0.2, -0.15) is 0 Å². The quantitative estimate of drug-likeness (QED) is 0.704. The van der Waals surface area contributed by atoms with E-state index in [1.807, 2.05) is 30.3 Å². The number of hydrogen-bond donors (Lipinski definition) is 1. The molecule has 31 heavy (non-hydrogen) atoms. The van der Waals surface area contributed by atoms with Crippen molar-refractivity contribution >= 4 is 17.5 Å². The molecule has 1 N–H and O–H groups in total. The molecule has 158 valence electrons. The highest BCUT2D eigenvalue weighted by Gasteiger charge is 2.33. The number of carbonyl (C=O) groups excluding carboxylic acids is 2. The second-order valence-electron chi connectivity index (χ2n) is 7.57. The molecule has 3 aromatic rings. The Balaban J connectivity index is 1.55. The number of nitrogens with one attached hydrogen (secondary N) is 1. The number of hydrogen-bond acceptors (Lipinski definition) is 5. The number of benzene rings is 1. The summed E-state index contributed by atoms with van der Waals surface area (Å²) >= 11 is 0. The monoisotopic (exact) mass is 417 g/mol. The van der Waals surface area contributed by atoms with Crippen LogP contribution in [0.4, 0.5) is 5.69 Å². The third-order valence-corrected chi connectivity index (χ3v) is 5.42. The van der Waals surface area contributed by atoms with Crippen LogP contribution < -0.4 is 10.9 Å². The smallest absolute Gasteiger partial charge is 0.259 e. The van der Waals surface area contributed by atoms with Gasteiger partial charge in [-0.1, -0.05) is 18.2 Å². The van der Waals surface area contributed by atoms with Crippen LogP contribution in [0.25, 0.3) is 0 Å². The lowest BCUT2D eigenvalue weighted by atomic mass is 10.1. The standard InChI is InChI=1S/C23H23N5O3/c1-15-18(22(30)26-17-7-4-3-5-8-17)13-24-21(25-15)19-9-6-12-28(19)23(31)16-10-11-20(29)27(2)14-16/h3-5,7-8,10-11,13-14,19H,6,9,12H2,1-2H3,(H,26,30)/t19-/m0/s1. The summed E-state index contributed by atoms with van der Waals surface area (Å²) in [5.74, 6) is 0.0782. The van der Waals surface area contributed by atoms with Crippen molar-refractivity contribution in [3.05, 3.63) is 87.9 Å². The Bertz CT molecular complexity index is 1190. The molecule has 0 aliphatic carbocycles. The fourth-order valence-electron chi connectivity index (χ4n) is 3.75. The molecule has 1 aliphatic heterocycles. The fourth-order valence-corrected chi connectivity index (χ4v) is 3.75. The van der Waals surface area contributed by atoms with Crippen molar-refractivity contribution in [2.24, 2.45) is 7.05 Å². The number of para-hydroxylation sites is 1. The van der Waals surface area contributed by atoms with Gasteiger partial charge in [0.05, 0.1) is 22.9 Å². The minimum atomic E-state index is -0.278. The number of aryl methyl sites for hydroxylation is 2. The molecule has 0 spiro atoms. The normalized spacial score (nSPS) is 15.7. The molecule has 8 nitrogen and oxygen atoms in total. The third-order valence-electron chi connectivity index (χ3n) is 5.42. The van der Waals surface area contributed by atoms with Crippen molar-refractivity contribution in [3.63, 3.8) is 0 Å². The number of rotatable bonds is 4. The Morgan fingerprint density at radius 2 is 1.90 bits per heavy atom. The van der Waals surface area contributed by atoms with Crippen LogP contribution in [0.1, 0.15) is 51.1 Å². The first-order valence-electron chi connectivity index (χ1n) is 10.1. The van der Waals surface area contributed by atoms with E-state index in [0.29, 0.717) is 34.9 Å². The Morgan fingerprint density at radius 3 is 2.61 bits per heavy atom. The first kappa shape index (κ1) is 20.5. The van der Waals surface area contributed by atoms with Crippen molar-refractivity contribution in [1.29, 1.82) is 0 Å². The summed E-state index contributed by atoms with van der Waals surface area (Å²) in [6, 6.07) is 11.9. The van der Waals surface area contributed by atoms with Gasteiger partial charge in [0.25, 0.3) is 11.8 Å².